The number of aromatic nitrogens is 2. The fourth-order valence-electron chi connectivity index (χ4n) is 1.54. The lowest BCUT2D eigenvalue weighted by Gasteiger charge is -2.26. The second-order valence-corrected chi connectivity index (χ2v) is 4.05. The molecule has 0 aromatic carbocycles. The molecule has 0 fully saturated rings. The minimum Gasteiger partial charge on any atom is -0.480 e. The lowest BCUT2D eigenvalue weighted by Crippen LogP contribution is -2.36. The van der Waals surface area contributed by atoms with E-state index in [0.717, 1.165) is 12.1 Å². The third-order valence-electron chi connectivity index (χ3n) is 2.83. The zero-order chi connectivity index (χ0) is 12.1. The minimum atomic E-state index is -0.789. The first-order chi connectivity index (χ1) is 7.54. The van der Waals surface area contributed by atoms with Gasteiger partial charge in [-0.15, -0.1) is 0 Å². The summed E-state index contributed by atoms with van der Waals surface area (Å²) in [6.07, 6.45) is 4.44. The van der Waals surface area contributed by atoms with E-state index in [-0.39, 0.29) is 12.6 Å². The monoisotopic (exact) mass is 225 g/mol. The number of hydrogen-bond acceptors (Lipinski definition) is 3. The smallest absolute Gasteiger partial charge is 0.317 e. The van der Waals surface area contributed by atoms with Crippen LogP contribution in [-0.4, -0.2) is 38.1 Å². The van der Waals surface area contributed by atoms with E-state index < -0.39 is 5.97 Å². The molecule has 0 saturated carbocycles. The van der Waals surface area contributed by atoms with Gasteiger partial charge in [0, 0.05) is 25.8 Å². The number of carboxylic acids is 1. The molecule has 1 heterocycles. The average Bonchev–Trinajstić information content (AvgIpc) is 2.61. The summed E-state index contributed by atoms with van der Waals surface area (Å²) in [4.78, 5) is 16.8. The van der Waals surface area contributed by atoms with Gasteiger partial charge >= 0.3 is 5.97 Å². The first-order valence-electron chi connectivity index (χ1n) is 5.45. The van der Waals surface area contributed by atoms with E-state index >= 15 is 0 Å². The molecule has 0 amide bonds. The Morgan fingerprint density at radius 3 is 2.81 bits per heavy atom. The highest BCUT2D eigenvalue weighted by molar-refractivity contribution is 5.69. The van der Waals surface area contributed by atoms with E-state index in [0.29, 0.717) is 6.54 Å². The Labute approximate surface area is 95.7 Å². The van der Waals surface area contributed by atoms with Crippen molar-refractivity contribution in [2.24, 2.45) is 7.05 Å². The molecule has 1 unspecified atom stereocenters. The highest BCUT2D eigenvalue weighted by Gasteiger charge is 2.16. The second kappa shape index (κ2) is 5.65. The summed E-state index contributed by atoms with van der Waals surface area (Å²) in [5.41, 5.74) is 1.03. The highest BCUT2D eigenvalue weighted by Crippen LogP contribution is 2.09. The van der Waals surface area contributed by atoms with Crippen molar-refractivity contribution in [1.82, 2.24) is 14.5 Å². The molecule has 1 rings (SSSR count). The predicted molar refractivity (Wildman–Crippen MR) is 61.0 cm³/mol. The van der Waals surface area contributed by atoms with Crippen molar-refractivity contribution in [1.29, 1.82) is 0 Å². The summed E-state index contributed by atoms with van der Waals surface area (Å²) < 4.78 is 1.91. The van der Waals surface area contributed by atoms with Crippen LogP contribution in [0.2, 0.25) is 0 Å². The summed E-state index contributed by atoms with van der Waals surface area (Å²) in [5, 5.41) is 8.86. The molecule has 1 atom stereocenters. The minimum absolute atomic E-state index is 0.0696. The van der Waals surface area contributed by atoms with Crippen molar-refractivity contribution in [2.75, 3.05) is 6.54 Å². The first-order valence-corrected chi connectivity index (χ1v) is 5.45. The molecule has 0 aliphatic heterocycles. The lowest BCUT2D eigenvalue weighted by molar-refractivity contribution is -0.139. The van der Waals surface area contributed by atoms with Gasteiger partial charge < -0.3 is 9.67 Å². The van der Waals surface area contributed by atoms with Crippen molar-refractivity contribution >= 4 is 5.97 Å². The van der Waals surface area contributed by atoms with Gasteiger partial charge in [-0.3, -0.25) is 9.69 Å². The van der Waals surface area contributed by atoms with Crippen LogP contribution in [0.15, 0.2) is 12.5 Å². The summed E-state index contributed by atoms with van der Waals surface area (Å²) in [6, 6.07) is 0.256. The number of hydrogen-bond donors (Lipinski definition) is 1. The van der Waals surface area contributed by atoms with Crippen molar-refractivity contribution in [3.63, 3.8) is 0 Å². The van der Waals surface area contributed by atoms with Crippen LogP contribution < -0.4 is 0 Å². The SMILES string of the molecule is CCC(C)N(CC(=O)O)Cc1cncn1C. The van der Waals surface area contributed by atoms with Crippen LogP contribution in [0.25, 0.3) is 0 Å². The Morgan fingerprint density at radius 1 is 1.69 bits per heavy atom. The fraction of sp³-hybridized carbons (Fsp3) is 0.636. The van der Waals surface area contributed by atoms with Gasteiger partial charge in [0.15, 0.2) is 0 Å². The van der Waals surface area contributed by atoms with E-state index in [2.05, 4.69) is 11.9 Å². The standard InChI is InChI=1S/C11H19N3O2/c1-4-9(2)14(7-11(15)16)6-10-5-12-8-13(10)3/h5,8-9H,4,6-7H2,1-3H3,(H,15,16). The van der Waals surface area contributed by atoms with Crippen LogP contribution in [0.3, 0.4) is 0 Å². The maximum Gasteiger partial charge on any atom is 0.317 e. The quantitative estimate of drug-likeness (QED) is 0.787. The Bertz CT molecular complexity index is 349. The number of aryl methyl sites for hydroxylation is 1. The fourth-order valence-corrected chi connectivity index (χ4v) is 1.54. The molecule has 0 saturated heterocycles. The van der Waals surface area contributed by atoms with Gasteiger partial charge in [0.2, 0.25) is 0 Å². The molecule has 0 aliphatic carbocycles. The molecular weight excluding hydrogens is 206 g/mol. The van der Waals surface area contributed by atoms with Gasteiger partial charge in [-0.2, -0.15) is 0 Å². The Morgan fingerprint density at radius 2 is 2.38 bits per heavy atom. The number of rotatable bonds is 6. The highest BCUT2D eigenvalue weighted by atomic mass is 16.4. The third-order valence-corrected chi connectivity index (χ3v) is 2.83. The van der Waals surface area contributed by atoms with Gasteiger partial charge in [0.1, 0.15) is 0 Å². The second-order valence-electron chi connectivity index (χ2n) is 4.05. The molecule has 0 radical (unpaired) electrons. The Kier molecular flexibility index (Phi) is 4.49. The van der Waals surface area contributed by atoms with Gasteiger partial charge in [-0.1, -0.05) is 6.92 Å². The van der Waals surface area contributed by atoms with E-state index in [1.54, 1.807) is 12.5 Å². The number of imidazole rings is 1. The third kappa shape index (κ3) is 3.34. The predicted octanol–water partition coefficient (Wildman–Crippen LogP) is 1.11. The summed E-state index contributed by atoms with van der Waals surface area (Å²) >= 11 is 0. The first kappa shape index (κ1) is 12.7. The van der Waals surface area contributed by atoms with Gasteiger partial charge in [0.25, 0.3) is 0 Å². The Balaban J connectivity index is 2.70. The van der Waals surface area contributed by atoms with Crippen LogP contribution in [-0.2, 0) is 18.4 Å². The van der Waals surface area contributed by atoms with Crippen LogP contribution in [0.4, 0.5) is 0 Å². The zero-order valence-corrected chi connectivity index (χ0v) is 10.1. The molecule has 5 heteroatoms. The van der Waals surface area contributed by atoms with E-state index in [1.807, 2.05) is 23.4 Å². The molecule has 5 nitrogen and oxygen atoms in total. The molecule has 1 aromatic heterocycles. The number of aliphatic carboxylic acids is 1. The molecule has 1 N–H and O–H groups in total. The molecule has 0 bridgehead atoms. The van der Waals surface area contributed by atoms with Crippen molar-refractivity contribution in [3.05, 3.63) is 18.2 Å². The Hall–Kier alpha value is -1.36. The van der Waals surface area contributed by atoms with Crippen LogP contribution in [0.1, 0.15) is 26.0 Å². The lowest BCUT2D eigenvalue weighted by atomic mass is 10.2. The molecule has 0 spiro atoms. The van der Waals surface area contributed by atoms with Gasteiger partial charge in [0.05, 0.1) is 18.6 Å². The van der Waals surface area contributed by atoms with Crippen LogP contribution >= 0.6 is 0 Å². The molecule has 0 aliphatic rings. The maximum atomic E-state index is 10.8. The summed E-state index contributed by atoms with van der Waals surface area (Å²) in [6.45, 7) is 4.79. The summed E-state index contributed by atoms with van der Waals surface area (Å²) in [5.74, 6) is -0.789. The number of carbonyl (C=O) groups is 1. The zero-order valence-electron chi connectivity index (χ0n) is 10.1. The normalized spacial score (nSPS) is 13.0. The number of carboxylic acid groups (broad SMARTS) is 1. The van der Waals surface area contributed by atoms with Gasteiger partial charge in [-0.05, 0) is 13.3 Å². The molecule has 90 valence electrons. The van der Waals surface area contributed by atoms with E-state index in [9.17, 15) is 4.79 Å². The van der Waals surface area contributed by atoms with Gasteiger partial charge in [-0.25, -0.2) is 4.98 Å². The van der Waals surface area contributed by atoms with Crippen molar-refractivity contribution in [3.8, 4) is 0 Å². The summed E-state index contributed by atoms with van der Waals surface area (Å²) in [7, 11) is 1.91. The van der Waals surface area contributed by atoms with Crippen molar-refractivity contribution in [2.45, 2.75) is 32.9 Å². The number of nitrogens with zero attached hydrogens (tertiary/aromatic N) is 3. The average molecular weight is 225 g/mol. The topological polar surface area (TPSA) is 58.4 Å². The van der Waals surface area contributed by atoms with Crippen LogP contribution in [0.5, 0.6) is 0 Å². The van der Waals surface area contributed by atoms with Crippen molar-refractivity contribution < 1.29 is 9.90 Å². The molecule has 1 aromatic rings. The molecule has 16 heavy (non-hydrogen) atoms. The largest absolute Gasteiger partial charge is 0.480 e. The maximum absolute atomic E-state index is 10.8. The van der Waals surface area contributed by atoms with E-state index in [4.69, 9.17) is 5.11 Å². The molecular formula is C11H19N3O2. The van der Waals surface area contributed by atoms with Crippen LogP contribution in [0, 0.1) is 0 Å². The van der Waals surface area contributed by atoms with E-state index in [1.165, 1.54) is 0 Å².